The maximum absolute atomic E-state index is 13.4. The van der Waals surface area contributed by atoms with Gasteiger partial charge in [-0.2, -0.15) is 0 Å². The summed E-state index contributed by atoms with van der Waals surface area (Å²) in [4.78, 5) is 0. The van der Waals surface area contributed by atoms with Crippen molar-refractivity contribution in [3.8, 4) is 0 Å². The van der Waals surface area contributed by atoms with Gasteiger partial charge in [0.2, 0.25) is 0 Å². The van der Waals surface area contributed by atoms with Crippen molar-refractivity contribution >= 4 is 0 Å². The molecule has 0 bridgehead atoms. The summed E-state index contributed by atoms with van der Waals surface area (Å²) in [5.41, 5.74) is 3.39. The van der Waals surface area contributed by atoms with Crippen molar-refractivity contribution in [2.24, 2.45) is 0 Å². The first-order valence-corrected chi connectivity index (χ1v) is 6.90. The van der Waals surface area contributed by atoms with Gasteiger partial charge in [0.25, 0.3) is 0 Å². The molecular formula is C16H22FN. The Kier molecular flexibility index (Phi) is 4.54. The van der Waals surface area contributed by atoms with E-state index < -0.39 is 0 Å². The molecule has 18 heavy (non-hydrogen) atoms. The lowest BCUT2D eigenvalue weighted by atomic mass is 9.96. The van der Waals surface area contributed by atoms with Crippen molar-refractivity contribution in [3.63, 3.8) is 0 Å². The minimum absolute atomic E-state index is 0.117. The third-order valence-electron chi connectivity index (χ3n) is 3.56. The fraction of sp³-hybridized carbons (Fsp3) is 0.500. The Balaban J connectivity index is 2.23. The molecule has 98 valence electrons. The fourth-order valence-corrected chi connectivity index (χ4v) is 2.56. The van der Waals surface area contributed by atoms with Gasteiger partial charge in [0, 0.05) is 0 Å². The highest BCUT2D eigenvalue weighted by Crippen LogP contribution is 2.31. The predicted molar refractivity (Wildman–Crippen MR) is 74.1 cm³/mol. The predicted octanol–water partition coefficient (Wildman–Crippen LogP) is 4.29. The van der Waals surface area contributed by atoms with Crippen LogP contribution in [0.2, 0.25) is 0 Å². The zero-order valence-corrected chi connectivity index (χ0v) is 11.3. The quantitative estimate of drug-likeness (QED) is 0.766. The van der Waals surface area contributed by atoms with E-state index in [9.17, 15) is 4.39 Å². The number of benzene rings is 1. The van der Waals surface area contributed by atoms with Gasteiger partial charge in [-0.25, -0.2) is 4.39 Å². The van der Waals surface area contributed by atoms with Crippen LogP contribution in [-0.2, 0) is 0 Å². The molecule has 0 aliphatic heterocycles. The van der Waals surface area contributed by atoms with Crippen LogP contribution in [0.1, 0.15) is 49.8 Å². The van der Waals surface area contributed by atoms with E-state index in [0.29, 0.717) is 0 Å². The molecular weight excluding hydrogens is 225 g/mol. The first-order chi connectivity index (χ1) is 8.72. The largest absolute Gasteiger partial charge is 0.307 e. The van der Waals surface area contributed by atoms with Crippen LogP contribution in [0, 0.1) is 12.7 Å². The molecule has 2 rings (SSSR count). The molecule has 0 spiro atoms. The summed E-state index contributed by atoms with van der Waals surface area (Å²) < 4.78 is 13.4. The Morgan fingerprint density at radius 2 is 2.22 bits per heavy atom. The molecule has 0 radical (unpaired) electrons. The molecule has 0 saturated carbocycles. The van der Waals surface area contributed by atoms with E-state index in [4.69, 9.17) is 0 Å². The van der Waals surface area contributed by atoms with Crippen LogP contribution in [0.25, 0.3) is 0 Å². The van der Waals surface area contributed by atoms with Crippen LogP contribution >= 0.6 is 0 Å². The van der Waals surface area contributed by atoms with Crippen molar-refractivity contribution in [1.29, 1.82) is 0 Å². The molecule has 2 heteroatoms. The lowest BCUT2D eigenvalue weighted by Crippen LogP contribution is -2.23. The van der Waals surface area contributed by atoms with Crippen molar-refractivity contribution in [2.75, 3.05) is 6.54 Å². The summed E-state index contributed by atoms with van der Waals surface area (Å²) in [6.07, 6.45) is 7.05. The standard InChI is InChI=1S/C16H22FN/c1-3-10-18-16(13-6-4-5-7-13)14-8-9-15(17)12(2)11-14/h6,8-9,11,16,18H,3-5,7,10H2,1-2H3. The number of nitrogens with one attached hydrogen (secondary N) is 1. The van der Waals surface area contributed by atoms with Gasteiger partial charge < -0.3 is 5.32 Å². The number of hydrogen-bond donors (Lipinski definition) is 1. The molecule has 0 heterocycles. The average molecular weight is 247 g/mol. The summed E-state index contributed by atoms with van der Waals surface area (Å²) in [5.74, 6) is -0.117. The van der Waals surface area contributed by atoms with Gasteiger partial charge in [-0.1, -0.05) is 30.7 Å². The normalized spacial score (nSPS) is 16.7. The van der Waals surface area contributed by atoms with E-state index in [1.54, 1.807) is 6.07 Å². The van der Waals surface area contributed by atoms with Gasteiger partial charge >= 0.3 is 0 Å². The summed E-state index contributed by atoms with van der Waals surface area (Å²) in [5, 5.41) is 3.58. The van der Waals surface area contributed by atoms with Crippen molar-refractivity contribution in [3.05, 3.63) is 46.8 Å². The number of rotatable bonds is 5. The van der Waals surface area contributed by atoms with E-state index in [-0.39, 0.29) is 11.9 Å². The molecule has 0 fully saturated rings. The van der Waals surface area contributed by atoms with Gasteiger partial charge in [0.05, 0.1) is 6.04 Å². The second kappa shape index (κ2) is 6.14. The minimum atomic E-state index is -0.117. The first kappa shape index (κ1) is 13.3. The van der Waals surface area contributed by atoms with Crippen LogP contribution < -0.4 is 5.32 Å². The van der Waals surface area contributed by atoms with Crippen LogP contribution in [0.5, 0.6) is 0 Å². The van der Waals surface area contributed by atoms with E-state index in [1.165, 1.54) is 24.0 Å². The van der Waals surface area contributed by atoms with Crippen molar-refractivity contribution < 1.29 is 4.39 Å². The van der Waals surface area contributed by atoms with Crippen LogP contribution in [0.15, 0.2) is 29.8 Å². The zero-order valence-electron chi connectivity index (χ0n) is 11.3. The Morgan fingerprint density at radius 3 is 2.83 bits per heavy atom. The van der Waals surface area contributed by atoms with E-state index in [2.05, 4.69) is 18.3 Å². The topological polar surface area (TPSA) is 12.0 Å². The molecule has 1 aliphatic carbocycles. The molecule has 1 aromatic rings. The highest BCUT2D eigenvalue weighted by atomic mass is 19.1. The van der Waals surface area contributed by atoms with E-state index in [0.717, 1.165) is 24.9 Å². The second-order valence-corrected chi connectivity index (χ2v) is 5.07. The lowest BCUT2D eigenvalue weighted by Gasteiger charge is -2.21. The molecule has 1 atom stereocenters. The molecule has 1 N–H and O–H groups in total. The fourth-order valence-electron chi connectivity index (χ4n) is 2.56. The minimum Gasteiger partial charge on any atom is -0.307 e. The van der Waals surface area contributed by atoms with E-state index >= 15 is 0 Å². The smallest absolute Gasteiger partial charge is 0.126 e. The number of hydrogen-bond acceptors (Lipinski definition) is 1. The van der Waals surface area contributed by atoms with Gasteiger partial charge in [-0.3, -0.25) is 0 Å². The van der Waals surface area contributed by atoms with Gasteiger partial charge in [-0.15, -0.1) is 0 Å². The number of allylic oxidation sites excluding steroid dienone is 1. The average Bonchev–Trinajstić information content (AvgIpc) is 2.88. The molecule has 0 amide bonds. The maximum Gasteiger partial charge on any atom is 0.126 e. The highest BCUT2D eigenvalue weighted by Gasteiger charge is 2.18. The second-order valence-electron chi connectivity index (χ2n) is 5.07. The lowest BCUT2D eigenvalue weighted by molar-refractivity contribution is 0.573. The molecule has 0 aromatic heterocycles. The summed E-state index contributed by atoms with van der Waals surface area (Å²) in [7, 11) is 0. The summed E-state index contributed by atoms with van der Waals surface area (Å²) in [6.45, 7) is 5.00. The maximum atomic E-state index is 13.4. The van der Waals surface area contributed by atoms with Crippen molar-refractivity contribution in [2.45, 2.75) is 45.6 Å². The number of aryl methyl sites for hydroxylation is 1. The van der Waals surface area contributed by atoms with Crippen LogP contribution in [0.3, 0.4) is 0 Å². The monoisotopic (exact) mass is 247 g/mol. The van der Waals surface area contributed by atoms with Gasteiger partial charge in [-0.05, 0) is 56.3 Å². The molecule has 1 nitrogen and oxygen atoms in total. The Hall–Kier alpha value is -1.15. The van der Waals surface area contributed by atoms with Crippen LogP contribution in [0.4, 0.5) is 4.39 Å². The Bertz CT molecular complexity index is 437. The zero-order chi connectivity index (χ0) is 13.0. The third kappa shape index (κ3) is 2.99. The molecule has 0 saturated heterocycles. The highest BCUT2D eigenvalue weighted by molar-refractivity contribution is 5.33. The van der Waals surface area contributed by atoms with Crippen LogP contribution in [-0.4, -0.2) is 6.54 Å². The third-order valence-corrected chi connectivity index (χ3v) is 3.56. The van der Waals surface area contributed by atoms with Crippen molar-refractivity contribution in [1.82, 2.24) is 5.32 Å². The SMILES string of the molecule is CCCNC(C1=CCCC1)c1ccc(F)c(C)c1. The first-order valence-electron chi connectivity index (χ1n) is 6.90. The summed E-state index contributed by atoms with van der Waals surface area (Å²) in [6, 6.07) is 5.74. The molecule has 1 aromatic carbocycles. The van der Waals surface area contributed by atoms with Gasteiger partial charge in [0.15, 0.2) is 0 Å². The van der Waals surface area contributed by atoms with E-state index in [1.807, 2.05) is 19.1 Å². The Morgan fingerprint density at radius 1 is 1.39 bits per heavy atom. The molecule has 1 unspecified atom stereocenters. The summed E-state index contributed by atoms with van der Waals surface area (Å²) >= 11 is 0. The Labute approximate surface area is 109 Å². The molecule has 1 aliphatic rings. The number of halogens is 1. The van der Waals surface area contributed by atoms with Gasteiger partial charge in [0.1, 0.15) is 5.82 Å².